The largest absolute Gasteiger partial charge is 0.376 e. The second-order valence-corrected chi connectivity index (χ2v) is 4.51. The number of nitrogens with one attached hydrogen (secondary N) is 1. The van der Waals surface area contributed by atoms with Crippen LogP contribution in [0.3, 0.4) is 0 Å². The van der Waals surface area contributed by atoms with Crippen molar-refractivity contribution < 1.29 is 14.0 Å². The summed E-state index contributed by atoms with van der Waals surface area (Å²) in [4.78, 5) is 24.7. The topological polar surface area (TPSA) is 75.4 Å². The fourth-order valence-electron chi connectivity index (χ4n) is 2.24. The predicted molar refractivity (Wildman–Crippen MR) is 68.8 cm³/mol. The molecule has 0 aromatic heterocycles. The minimum atomic E-state index is -0.512. The van der Waals surface area contributed by atoms with Crippen LogP contribution < -0.4 is 11.1 Å². The van der Waals surface area contributed by atoms with Gasteiger partial charge in [-0.1, -0.05) is 6.07 Å². The highest BCUT2D eigenvalue weighted by Crippen LogP contribution is 2.17. The highest BCUT2D eigenvalue weighted by Gasteiger charge is 2.32. The molecule has 0 aliphatic carbocycles. The molecular formula is C13H16FN3O2. The van der Waals surface area contributed by atoms with E-state index in [1.54, 1.807) is 12.1 Å². The van der Waals surface area contributed by atoms with Gasteiger partial charge in [0.2, 0.25) is 11.8 Å². The standard InChI is InChI=1S/C13H16FN3O2/c14-9-3-1-4-10(7-9)16-8-12(18)17-6-2-5-11(17)13(15)19/h1,3-4,7,11,16H,2,5-6,8H2,(H2,15,19)/t11-/m0/s1. The molecule has 1 fully saturated rings. The zero-order valence-electron chi connectivity index (χ0n) is 10.4. The van der Waals surface area contributed by atoms with E-state index < -0.39 is 11.9 Å². The summed E-state index contributed by atoms with van der Waals surface area (Å²) in [6.45, 7) is 0.560. The lowest BCUT2D eigenvalue weighted by Crippen LogP contribution is -2.45. The Balaban J connectivity index is 1.92. The van der Waals surface area contributed by atoms with Gasteiger partial charge >= 0.3 is 0 Å². The van der Waals surface area contributed by atoms with Gasteiger partial charge in [-0.3, -0.25) is 9.59 Å². The number of hydrogen-bond acceptors (Lipinski definition) is 3. The molecule has 1 aliphatic heterocycles. The van der Waals surface area contributed by atoms with Crippen molar-refractivity contribution in [1.82, 2.24) is 4.90 Å². The first-order valence-electron chi connectivity index (χ1n) is 6.16. The molecule has 0 saturated carbocycles. The van der Waals surface area contributed by atoms with Crippen LogP contribution in [0.25, 0.3) is 0 Å². The van der Waals surface area contributed by atoms with Gasteiger partial charge in [0.1, 0.15) is 11.9 Å². The van der Waals surface area contributed by atoms with Crippen molar-refractivity contribution in [2.24, 2.45) is 5.73 Å². The molecule has 102 valence electrons. The number of amides is 2. The third-order valence-electron chi connectivity index (χ3n) is 3.17. The fourth-order valence-corrected chi connectivity index (χ4v) is 2.24. The first kappa shape index (κ1) is 13.3. The lowest BCUT2D eigenvalue weighted by molar-refractivity contribution is -0.135. The summed E-state index contributed by atoms with van der Waals surface area (Å²) in [5.74, 6) is -1.05. The van der Waals surface area contributed by atoms with Crippen LogP contribution in [0.1, 0.15) is 12.8 Å². The van der Waals surface area contributed by atoms with Crippen molar-refractivity contribution in [3.63, 3.8) is 0 Å². The summed E-state index contributed by atoms with van der Waals surface area (Å²) in [7, 11) is 0. The minimum Gasteiger partial charge on any atom is -0.376 e. The van der Waals surface area contributed by atoms with Crippen LogP contribution in [-0.2, 0) is 9.59 Å². The number of benzene rings is 1. The number of halogens is 1. The Labute approximate surface area is 110 Å². The summed E-state index contributed by atoms with van der Waals surface area (Å²) in [6, 6.07) is 5.36. The fraction of sp³-hybridized carbons (Fsp3) is 0.385. The van der Waals surface area contributed by atoms with Crippen molar-refractivity contribution in [2.75, 3.05) is 18.4 Å². The van der Waals surface area contributed by atoms with E-state index in [2.05, 4.69) is 5.32 Å². The lowest BCUT2D eigenvalue weighted by Gasteiger charge is -2.22. The normalized spacial score (nSPS) is 18.4. The van der Waals surface area contributed by atoms with E-state index in [4.69, 9.17) is 5.73 Å². The summed E-state index contributed by atoms with van der Waals surface area (Å²) in [5.41, 5.74) is 5.78. The maximum absolute atomic E-state index is 13.0. The number of carbonyl (C=O) groups is 2. The molecule has 1 saturated heterocycles. The monoisotopic (exact) mass is 265 g/mol. The molecule has 19 heavy (non-hydrogen) atoms. The van der Waals surface area contributed by atoms with Gasteiger partial charge in [-0.15, -0.1) is 0 Å². The molecule has 6 heteroatoms. The number of carbonyl (C=O) groups excluding carboxylic acids is 2. The molecule has 0 spiro atoms. The summed E-state index contributed by atoms with van der Waals surface area (Å²) >= 11 is 0. The molecule has 0 bridgehead atoms. The first-order chi connectivity index (χ1) is 9.08. The van der Waals surface area contributed by atoms with E-state index in [9.17, 15) is 14.0 Å². The molecule has 1 heterocycles. The molecule has 1 aromatic carbocycles. The molecule has 1 atom stereocenters. The number of rotatable bonds is 4. The smallest absolute Gasteiger partial charge is 0.242 e. The van der Waals surface area contributed by atoms with Gasteiger partial charge in [0, 0.05) is 12.2 Å². The third kappa shape index (κ3) is 3.21. The molecule has 2 amide bonds. The van der Waals surface area contributed by atoms with Gasteiger partial charge in [0.05, 0.1) is 6.54 Å². The third-order valence-corrected chi connectivity index (χ3v) is 3.17. The maximum Gasteiger partial charge on any atom is 0.242 e. The SMILES string of the molecule is NC(=O)[C@@H]1CCCN1C(=O)CNc1cccc(F)c1. The van der Waals surface area contributed by atoms with E-state index in [0.29, 0.717) is 18.7 Å². The van der Waals surface area contributed by atoms with Crippen LogP contribution in [0, 0.1) is 5.82 Å². The molecule has 1 aromatic rings. The molecule has 0 radical (unpaired) electrons. The summed E-state index contributed by atoms with van der Waals surface area (Å²) in [5, 5.41) is 2.84. The van der Waals surface area contributed by atoms with Crippen LogP contribution in [0.5, 0.6) is 0 Å². The number of nitrogens with zero attached hydrogens (tertiary/aromatic N) is 1. The Morgan fingerprint density at radius 3 is 2.95 bits per heavy atom. The van der Waals surface area contributed by atoms with Gasteiger partial charge in [-0.05, 0) is 31.0 Å². The zero-order valence-corrected chi connectivity index (χ0v) is 10.4. The number of likely N-dealkylation sites (tertiary alicyclic amines) is 1. The maximum atomic E-state index is 13.0. The molecule has 5 nitrogen and oxygen atoms in total. The number of primary amides is 1. The Hall–Kier alpha value is -2.11. The molecule has 3 N–H and O–H groups in total. The van der Waals surface area contributed by atoms with Gasteiger partial charge in [-0.2, -0.15) is 0 Å². The predicted octanol–water partition coefficient (Wildman–Crippen LogP) is 0.714. The van der Waals surface area contributed by atoms with Gasteiger partial charge < -0.3 is 16.0 Å². The molecular weight excluding hydrogens is 249 g/mol. The average molecular weight is 265 g/mol. The second kappa shape index (κ2) is 5.69. The van der Waals surface area contributed by atoms with Crippen LogP contribution >= 0.6 is 0 Å². The van der Waals surface area contributed by atoms with Crippen LogP contribution in [-0.4, -0.2) is 35.8 Å². The molecule has 1 aliphatic rings. The number of anilines is 1. The average Bonchev–Trinajstić information content (AvgIpc) is 2.85. The zero-order chi connectivity index (χ0) is 13.8. The molecule has 0 unspecified atom stereocenters. The van der Waals surface area contributed by atoms with Crippen molar-refractivity contribution in [2.45, 2.75) is 18.9 Å². The van der Waals surface area contributed by atoms with Crippen LogP contribution in [0.2, 0.25) is 0 Å². The quantitative estimate of drug-likeness (QED) is 0.842. The van der Waals surface area contributed by atoms with E-state index in [-0.39, 0.29) is 18.3 Å². The Morgan fingerprint density at radius 1 is 1.47 bits per heavy atom. The van der Waals surface area contributed by atoms with E-state index >= 15 is 0 Å². The Morgan fingerprint density at radius 2 is 2.26 bits per heavy atom. The van der Waals surface area contributed by atoms with Crippen molar-refractivity contribution in [3.05, 3.63) is 30.1 Å². The second-order valence-electron chi connectivity index (χ2n) is 4.51. The number of hydrogen-bond donors (Lipinski definition) is 2. The van der Waals surface area contributed by atoms with Crippen LogP contribution in [0.4, 0.5) is 10.1 Å². The Bertz CT molecular complexity index is 493. The minimum absolute atomic E-state index is 0.0211. The summed E-state index contributed by atoms with van der Waals surface area (Å²) < 4.78 is 13.0. The highest BCUT2D eigenvalue weighted by molar-refractivity contribution is 5.89. The van der Waals surface area contributed by atoms with E-state index in [1.165, 1.54) is 17.0 Å². The van der Waals surface area contributed by atoms with Gasteiger partial charge in [0.15, 0.2) is 0 Å². The summed E-state index contributed by atoms with van der Waals surface area (Å²) in [6.07, 6.45) is 1.39. The Kier molecular flexibility index (Phi) is 3.99. The van der Waals surface area contributed by atoms with E-state index in [0.717, 1.165) is 6.42 Å². The van der Waals surface area contributed by atoms with E-state index in [1.807, 2.05) is 0 Å². The van der Waals surface area contributed by atoms with Crippen molar-refractivity contribution in [1.29, 1.82) is 0 Å². The highest BCUT2D eigenvalue weighted by atomic mass is 19.1. The first-order valence-corrected chi connectivity index (χ1v) is 6.16. The van der Waals surface area contributed by atoms with Gasteiger partial charge in [0.25, 0.3) is 0 Å². The van der Waals surface area contributed by atoms with Crippen LogP contribution in [0.15, 0.2) is 24.3 Å². The number of nitrogens with two attached hydrogens (primary N) is 1. The van der Waals surface area contributed by atoms with Crippen molar-refractivity contribution in [3.8, 4) is 0 Å². The van der Waals surface area contributed by atoms with Crippen molar-refractivity contribution >= 4 is 17.5 Å². The van der Waals surface area contributed by atoms with Gasteiger partial charge in [-0.25, -0.2) is 4.39 Å². The lowest BCUT2D eigenvalue weighted by atomic mass is 10.2. The molecule has 2 rings (SSSR count).